The summed E-state index contributed by atoms with van der Waals surface area (Å²) < 4.78 is 5.00. The van der Waals surface area contributed by atoms with Crippen molar-refractivity contribution in [3.05, 3.63) is 39.9 Å². The first-order valence-electron chi connectivity index (χ1n) is 3.98. The minimum atomic E-state index is -0.852. The molecule has 0 aliphatic carbocycles. The Morgan fingerprint density at radius 3 is 2.43 bits per heavy atom. The fourth-order valence-electron chi connectivity index (χ4n) is 1.22. The molecular formula is C9H6N2O3. The van der Waals surface area contributed by atoms with Crippen LogP contribution in [0.1, 0.15) is 5.56 Å². The number of nitrogens with zero attached hydrogens (tertiary/aromatic N) is 2. The van der Waals surface area contributed by atoms with Crippen LogP contribution in [0.15, 0.2) is 24.3 Å². The zero-order valence-electron chi connectivity index (χ0n) is 7.14. The van der Waals surface area contributed by atoms with Crippen molar-refractivity contribution in [1.82, 2.24) is 0 Å². The van der Waals surface area contributed by atoms with Crippen LogP contribution < -0.4 is 0 Å². The molecule has 1 aliphatic heterocycles. The molecule has 0 radical (unpaired) electrons. The number of nitro benzene ring substituents is 1. The second kappa shape index (κ2) is 2.79. The second-order valence-corrected chi connectivity index (χ2v) is 3.03. The van der Waals surface area contributed by atoms with E-state index in [2.05, 4.69) is 0 Å². The molecule has 1 fully saturated rings. The number of benzene rings is 1. The topological polar surface area (TPSA) is 79.5 Å². The van der Waals surface area contributed by atoms with Gasteiger partial charge in [-0.05, 0) is 12.1 Å². The molecule has 0 spiro atoms. The van der Waals surface area contributed by atoms with Crippen molar-refractivity contribution in [1.29, 1.82) is 5.26 Å². The highest BCUT2D eigenvalue weighted by Crippen LogP contribution is 2.38. The summed E-state index contributed by atoms with van der Waals surface area (Å²) >= 11 is 0. The largest absolute Gasteiger partial charge is 0.349 e. The minimum absolute atomic E-state index is 0.0162. The highest BCUT2D eigenvalue weighted by Gasteiger charge is 2.47. The second-order valence-electron chi connectivity index (χ2n) is 3.03. The molecule has 0 N–H and O–H groups in total. The summed E-state index contributed by atoms with van der Waals surface area (Å²) in [6.07, 6.45) is 0. The molecule has 0 amide bonds. The van der Waals surface area contributed by atoms with Crippen LogP contribution in [-0.2, 0) is 10.3 Å². The van der Waals surface area contributed by atoms with E-state index in [0.717, 1.165) is 0 Å². The van der Waals surface area contributed by atoms with Gasteiger partial charge in [-0.3, -0.25) is 10.1 Å². The minimum Gasteiger partial charge on any atom is -0.349 e. The van der Waals surface area contributed by atoms with Gasteiger partial charge in [-0.1, -0.05) is 0 Å². The van der Waals surface area contributed by atoms with Crippen molar-refractivity contribution in [2.24, 2.45) is 0 Å². The number of ether oxygens (including phenoxy) is 1. The summed E-state index contributed by atoms with van der Waals surface area (Å²) in [5, 5.41) is 19.1. The van der Waals surface area contributed by atoms with Gasteiger partial charge in [0.25, 0.3) is 5.69 Å². The van der Waals surface area contributed by atoms with Gasteiger partial charge in [0.05, 0.1) is 11.5 Å². The maximum absolute atomic E-state index is 10.4. The first kappa shape index (κ1) is 8.66. The standard InChI is InChI=1S/C9H6N2O3/c10-5-9(6-14-9)7-1-3-8(4-2-7)11(12)13/h1-4H,6H2. The number of nitriles is 1. The molecule has 1 atom stereocenters. The average molecular weight is 190 g/mol. The number of rotatable bonds is 2. The number of non-ortho nitro benzene ring substituents is 1. The van der Waals surface area contributed by atoms with Crippen molar-refractivity contribution in [3.8, 4) is 6.07 Å². The fraction of sp³-hybridized carbons (Fsp3) is 0.222. The Balaban J connectivity index is 2.32. The Morgan fingerprint density at radius 1 is 1.50 bits per heavy atom. The van der Waals surface area contributed by atoms with Gasteiger partial charge >= 0.3 is 0 Å². The van der Waals surface area contributed by atoms with Crippen LogP contribution in [0.3, 0.4) is 0 Å². The zero-order valence-corrected chi connectivity index (χ0v) is 7.14. The van der Waals surface area contributed by atoms with Crippen LogP contribution in [0.25, 0.3) is 0 Å². The lowest BCUT2D eigenvalue weighted by Gasteiger charge is -2.00. The molecule has 0 bridgehead atoms. The van der Waals surface area contributed by atoms with Crippen molar-refractivity contribution in [2.45, 2.75) is 5.60 Å². The Kier molecular flexibility index (Phi) is 1.72. The molecule has 2 rings (SSSR count). The molecule has 1 aromatic carbocycles. The summed E-state index contributed by atoms with van der Waals surface area (Å²) in [5.41, 5.74) is -0.164. The Morgan fingerprint density at radius 2 is 2.07 bits per heavy atom. The number of hydrogen-bond acceptors (Lipinski definition) is 4. The van der Waals surface area contributed by atoms with Crippen LogP contribution in [0.2, 0.25) is 0 Å². The quantitative estimate of drug-likeness (QED) is 0.400. The molecule has 1 unspecified atom stereocenters. The highest BCUT2D eigenvalue weighted by molar-refractivity contribution is 5.40. The van der Waals surface area contributed by atoms with Crippen LogP contribution in [0.4, 0.5) is 5.69 Å². The zero-order chi connectivity index (χ0) is 10.2. The molecule has 1 saturated heterocycles. The van der Waals surface area contributed by atoms with Crippen molar-refractivity contribution in [2.75, 3.05) is 6.61 Å². The summed E-state index contributed by atoms with van der Waals surface area (Å²) in [4.78, 5) is 9.88. The summed E-state index contributed by atoms with van der Waals surface area (Å²) in [7, 11) is 0. The van der Waals surface area contributed by atoms with E-state index in [1.165, 1.54) is 12.1 Å². The predicted octanol–water partition coefficient (Wildman–Crippen LogP) is 1.34. The lowest BCUT2D eigenvalue weighted by atomic mass is 10.0. The van der Waals surface area contributed by atoms with Crippen molar-refractivity contribution >= 4 is 5.69 Å². The average Bonchev–Trinajstić information content (AvgIpc) is 2.99. The predicted molar refractivity (Wildman–Crippen MR) is 46.3 cm³/mol. The number of epoxide rings is 1. The van der Waals surface area contributed by atoms with Crippen LogP contribution >= 0.6 is 0 Å². The Labute approximate surface area is 79.7 Å². The third kappa shape index (κ3) is 1.22. The van der Waals surface area contributed by atoms with Gasteiger partial charge in [0, 0.05) is 17.7 Å². The molecule has 70 valence electrons. The van der Waals surface area contributed by atoms with Gasteiger partial charge in [-0.2, -0.15) is 5.26 Å². The first-order chi connectivity index (χ1) is 6.68. The number of hydrogen-bond donors (Lipinski definition) is 0. The Bertz CT molecular complexity index is 415. The molecule has 14 heavy (non-hydrogen) atoms. The first-order valence-corrected chi connectivity index (χ1v) is 3.98. The van der Waals surface area contributed by atoms with Gasteiger partial charge in [0.15, 0.2) is 0 Å². The van der Waals surface area contributed by atoms with Crippen molar-refractivity contribution < 1.29 is 9.66 Å². The van der Waals surface area contributed by atoms with E-state index in [-0.39, 0.29) is 5.69 Å². The highest BCUT2D eigenvalue weighted by atomic mass is 16.6. The number of nitro groups is 1. The molecule has 0 saturated carbocycles. The SMILES string of the molecule is N#CC1(c2ccc([N+](=O)[O-])cc2)CO1. The lowest BCUT2D eigenvalue weighted by Crippen LogP contribution is -2.04. The lowest BCUT2D eigenvalue weighted by molar-refractivity contribution is -0.384. The van der Waals surface area contributed by atoms with Gasteiger partial charge < -0.3 is 4.74 Å². The molecule has 1 heterocycles. The van der Waals surface area contributed by atoms with E-state index in [0.29, 0.717) is 12.2 Å². The smallest absolute Gasteiger partial charge is 0.269 e. The molecule has 0 aromatic heterocycles. The molecule has 5 heteroatoms. The molecule has 1 aromatic rings. The maximum atomic E-state index is 10.4. The normalized spacial score (nSPS) is 23.9. The molecule has 5 nitrogen and oxygen atoms in total. The van der Waals surface area contributed by atoms with Gasteiger partial charge in [0.2, 0.25) is 5.60 Å². The van der Waals surface area contributed by atoms with Crippen LogP contribution in [-0.4, -0.2) is 11.5 Å². The van der Waals surface area contributed by atoms with Crippen LogP contribution in [0.5, 0.6) is 0 Å². The Hall–Kier alpha value is -1.93. The summed E-state index contributed by atoms with van der Waals surface area (Å²) in [5.74, 6) is 0. The third-order valence-corrected chi connectivity index (χ3v) is 2.16. The van der Waals surface area contributed by atoms with E-state index >= 15 is 0 Å². The summed E-state index contributed by atoms with van der Waals surface area (Å²) in [6.45, 7) is 0.362. The summed E-state index contributed by atoms with van der Waals surface area (Å²) in [6, 6.07) is 7.87. The van der Waals surface area contributed by atoms with E-state index < -0.39 is 10.5 Å². The van der Waals surface area contributed by atoms with E-state index in [4.69, 9.17) is 10.00 Å². The maximum Gasteiger partial charge on any atom is 0.269 e. The van der Waals surface area contributed by atoms with E-state index in [1.807, 2.05) is 6.07 Å². The molecular weight excluding hydrogens is 184 g/mol. The van der Waals surface area contributed by atoms with E-state index in [1.54, 1.807) is 12.1 Å². The van der Waals surface area contributed by atoms with Gasteiger partial charge in [0.1, 0.15) is 6.07 Å². The monoisotopic (exact) mass is 190 g/mol. The van der Waals surface area contributed by atoms with Gasteiger partial charge in [-0.25, -0.2) is 0 Å². The van der Waals surface area contributed by atoms with Crippen molar-refractivity contribution in [3.63, 3.8) is 0 Å². The van der Waals surface area contributed by atoms with Gasteiger partial charge in [-0.15, -0.1) is 0 Å². The third-order valence-electron chi connectivity index (χ3n) is 2.16. The van der Waals surface area contributed by atoms with Crippen LogP contribution in [0, 0.1) is 21.4 Å². The molecule has 1 aliphatic rings. The van der Waals surface area contributed by atoms with E-state index in [9.17, 15) is 10.1 Å². The fourth-order valence-corrected chi connectivity index (χ4v) is 1.22.